The van der Waals surface area contributed by atoms with Crippen molar-refractivity contribution in [1.82, 2.24) is 4.90 Å². The van der Waals surface area contributed by atoms with Crippen molar-refractivity contribution < 1.29 is 44.2 Å². The average molecular weight is 517 g/mol. The maximum absolute atomic E-state index is 13.4. The highest BCUT2D eigenvalue weighted by Gasteiger charge is 2.61. The third-order valence-corrected chi connectivity index (χ3v) is 9.02. The van der Waals surface area contributed by atoms with Gasteiger partial charge in [0.15, 0.2) is 0 Å². The number of nitrogens with zero attached hydrogens (tertiary/aromatic N) is 1. The minimum atomic E-state index is -1.69. The number of hydrogen-bond donors (Lipinski definition) is 5. The Bertz CT molecular complexity index is 1130. The van der Waals surface area contributed by atoms with Gasteiger partial charge in [0.2, 0.25) is 12.2 Å². The first-order valence-electron chi connectivity index (χ1n) is 12.8. The highest BCUT2D eigenvalue weighted by molar-refractivity contribution is 6.07. The molecule has 3 fully saturated rings. The minimum absolute atomic E-state index is 0.0193. The van der Waals surface area contributed by atoms with Crippen LogP contribution in [0.15, 0.2) is 36.1 Å². The van der Waals surface area contributed by atoms with Crippen LogP contribution in [-0.2, 0) is 29.2 Å². The number of anilines is 1. The van der Waals surface area contributed by atoms with Crippen LogP contribution in [0.3, 0.4) is 0 Å². The molecule has 0 unspecified atom stereocenters. The van der Waals surface area contributed by atoms with Crippen molar-refractivity contribution in [1.29, 1.82) is 0 Å². The maximum Gasteiger partial charge on any atom is 0.339 e. The Morgan fingerprint density at radius 2 is 2.00 bits per heavy atom. The number of esters is 1. The third-order valence-electron chi connectivity index (χ3n) is 9.02. The zero-order chi connectivity index (χ0) is 26.1. The second kappa shape index (κ2) is 9.04. The van der Waals surface area contributed by atoms with E-state index in [0.717, 1.165) is 17.8 Å². The number of piperidine rings is 1. The molecule has 6 rings (SSSR count). The Labute approximate surface area is 213 Å². The lowest BCUT2D eigenvalue weighted by atomic mass is 9.66. The molecule has 1 aromatic carbocycles. The molecule has 200 valence electrons. The summed E-state index contributed by atoms with van der Waals surface area (Å²) < 4.78 is 16.6. The second-order valence-electron chi connectivity index (χ2n) is 10.8. The largest absolute Gasteiger partial charge is 0.497 e. The summed E-state index contributed by atoms with van der Waals surface area (Å²) >= 11 is 0. The van der Waals surface area contributed by atoms with Crippen LogP contribution in [0.1, 0.15) is 25.3 Å². The van der Waals surface area contributed by atoms with Gasteiger partial charge in [-0.2, -0.15) is 0 Å². The van der Waals surface area contributed by atoms with E-state index in [-0.39, 0.29) is 35.5 Å². The molecule has 0 bridgehead atoms. The summed E-state index contributed by atoms with van der Waals surface area (Å²) in [7, 11) is 0. The number of rotatable bonds is 3. The van der Waals surface area contributed by atoms with E-state index in [4.69, 9.17) is 14.2 Å². The van der Waals surface area contributed by atoms with Crippen molar-refractivity contribution in [3.05, 3.63) is 41.7 Å². The van der Waals surface area contributed by atoms with Crippen LogP contribution in [0, 0.1) is 11.8 Å². The average Bonchev–Trinajstić information content (AvgIpc) is 3.41. The maximum atomic E-state index is 13.4. The Balaban J connectivity index is 1.26. The molecular formula is C26H32N2O9. The van der Waals surface area contributed by atoms with E-state index >= 15 is 0 Å². The van der Waals surface area contributed by atoms with Gasteiger partial charge in [0.25, 0.3) is 0 Å². The topological polar surface area (TPSA) is 158 Å². The molecule has 5 N–H and O–H groups in total. The quantitative estimate of drug-likeness (QED) is 0.323. The molecule has 0 aliphatic carbocycles. The molecule has 11 heteroatoms. The van der Waals surface area contributed by atoms with Crippen LogP contribution in [0.25, 0.3) is 0 Å². The van der Waals surface area contributed by atoms with Gasteiger partial charge in [-0.05, 0) is 37.9 Å². The number of aliphatic hydroxyl groups excluding tert-OH is 4. The van der Waals surface area contributed by atoms with E-state index in [1.54, 1.807) is 0 Å². The van der Waals surface area contributed by atoms with Crippen molar-refractivity contribution in [2.24, 2.45) is 11.8 Å². The van der Waals surface area contributed by atoms with Crippen LogP contribution >= 0.6 is 0 Å². The number of para-hydroxylation sites is 1. The van der Waals surface area contributed by atoms with Gasteiger partial charge in [0.05, 0.1) is 30.0 Å². The van der Waals surface area contributed by atoms with Gasteiger partial charge < -0.3 is 40.0 Å². The molecule has 37 heavy (non-hydrogen) atoms. The van der Waals surface area contributed by atoms with Crippen molar-refractivity contribution in [2.45, 2.75) is 68.0 Å². The molecule has 1 aromatic rings. The summed E-state index contributed by atoms with van der Waals surface area (Å²) in [5, 5.41) is 42.9. The van der Waals surface area contributed by atoms with Crippen LogP contribution in [0.2, 0.25) is 0 Å². The smallest absolute Gasteiger partial charge is 0.339 e. The van der Waals surface area contributed by atoms with Crippen LogP contribution in [0.4, 0.5) is 5.69 Å². The molecule has 0 radical (unpaired) electrons. The van der Waals surface area contributed by atoms with Crippen LogP contribution < -0.4 is 5.32 Å². The molecule has 10 atom stereocenters. The number of aliphatic hydroxyl groups is 4. The van der Waals surface area contributed by atoms with Crippen molar-refractivity contribution in [3.63, 3.8) is 0 Å². The molecule has 0 saturated carbocycles. The Morgan fingerprint density at radius 3 is 2.78 bits per heavy atom. The number of fused-ring (bicyclic) bond motifs is 5. The van der Waals surface area contributed by atoms with Crippen LogP contribution in [-0.4, -0.2) is 99.8 Å². The summed E-state index contributed by atoms with van der Waals surface area (Å²) in [6, 6.07) is 7.63. The monoisotopic (exact) mass is 516 g/mol. The van der Waals surface area contributed by atoms with Gasteiger partial charge in [0, 0.05) is 30.1 Å². The van der Waals surface area contributed by atoms with E-state index in [0.29, 0.717) is 19.4 Å². The lowest BCUT2D eigenvalue weighted by Crippen LogP contribution is -2.60. The van der Waals surface area contributed by atoms with E-state index in [1.165, 1.54) is 6.26 Å². The number of benzene rings is 1. The fourth-order valence-corrected chi connectivity index (χ4v) is 6.99. The van der Waals surface area contributed by atoms with Gasteiger partial charge in [-0.25, -0.2) is 4.79 Å². The first-order valence-corrected chi connectivity index (χ1v) is 12.8. The van der Waals surface area contributed by atoms with Crippen molar-refractivity contribution >= 4 is 17.6 Å². The van der Waals surface area contributed by atoms with E-state index < -0.39 is 48.7 Å². The first-order chi connectivity index (χ1) is 17.8. The highest BCUT2D eigenvalue weighted by atomic mass is 16.7. The normalized spacial score (nSPS) is 42.8. The SMILES string of the molecule is C[C@@H]1OC=C(C(=O)O[C@@H]2O[C@H](CO)[C@@H](O)[C@H](O)[C@H]2O)[C@H]2C[C@@H]3N(CC[C@@]34C(=O)Nc3ccccc34)C[C@H]12. The molecule has 5 heterocycles. The van der Waals surface area contributed by atoms with Gasteiger partial charge in [-0.3, -0.25) is 9.69 Å². The second-order valence-corrected chi connectivity index (χ2v) is 10.8. The lowest BCUT2D eigenvalue weighted by Gasteiger charge is -2.48. The zero-order valence-corrected chi connectivity index (χ0v) is 20.4. The van der Waals surface area contributed by atoms with Crippen molar-refractivity contribution in [3.8, 4) is 0 Å². The zero-order valence-electron chi connectivity index (χ0n) is 20.4. The van der Waals surface area contributed by atoms with Gasteiger partial charge in [-0.1, -0.05) is 18.2 Å². The number of amides is 1. The lowest BCUT2D eigenvalue weighted by molar-refractivity contribution is -0.291. The van der Waals surface area contributed by atoms with E-state index in [2.05, 4.69) is 10.2 Å². The highest BCUT2D eigenvalue weighted by Crippen LogP contribution is 2.54. The fourth-order valence-electron chi connectivity index (χ4n) is 6.99. The minimum Gasteiger partial charge on any atom is -0.497 e. The Kier molecular flexibility index (Phi) is 6.05. The standard InChI is InChI=1S/C26H32N2O9/c1-12-14-9-28-7-6-26(16-4-2-3-5-17(16)27-25(26)34)19(28)8-13(14)15(11-35-12)23(33)37-24-22(32)21(31)20(30)18(10-29)36-24/h2-5,11-14,18-22,24,29-32H,6-10H2,1H3,(H,27,34)/t12-,13-,14+,18+,19-,20+,21-,22+,24-,26-/m0/s1. The molecular weight excluding hydrogens is 484 g/mol. The molecule has 0 aromatic heterocycles. The van der Waals surface area contributed by atoms with Crippen molar-refractivity contribution in [2.75, 3.05) is 25.0 Å². The Hall–Kier alpha value is -2.54. The molecule has 1 amide bonds. The third kappa shape index (κ3) is 3.63. The molecule has 1 spiro atoms. The van der Waals surface area contributed by atoms with Gasteiger partial charge in [0.1, 0.15) is 24.4 Å². The first kappa shape index (κ1) is 24.8. The van der Waals surface area contributed by atoms with Gasteiger partial charge in [-0.15, -0.1) is 0 Å². The molecule has 3 saturated heterocycles. The van der Waals surface area contributed by atoms with E-state index in [9.17, 15) is 30.0 Å². The number of ether oxygens (including phenoxy) is 3. The predicted molar refractivity (Wildman–Crippen MR) is 127 cm³/mol. The summed E-state index contributed by atoms with van der Waals surface area (Å²) in [5.74, 6) is -1.08. The molecule has 5 aliphatic rings. The number of carbonyl (C=O) groups is 2. The fraction of sp³-hybridized carbons (Fsp3) is 0.615. The summed E-state index contributed by atoms with van der Waals surface area (Å²) in [5.41, 5.74) is 1.39. The number of nitrogens with one attached hydrogen (secondary N) is 1. The Morgan fingerprint density at radius 1 is 1.22 bits per heavy atom. The summed E-state index contributed by atoms with van der Waals surface area (Å²) in [4.78, 5) is 29.1. The van der Waals surface area contributed by atoms with Crippen LogP contribution in [0.5, 0.6) is 0 Å². The number of hydrogen-bond acceptors (Lipinski definition) is 10. The summed E-state index contributed by atoms with van der Waals surface area (Å²) in [6.07, 6.45) is -5.22. The number of carbonyl (C=O) groups excluding carboxylic acids is 2. The van der Waals surface area contributed by atoms with Gasteiger partial charge >= 0.3 is 5.97 Å². The predicted octanol–water partition coefficient (Wildman–Crippen LogP) is -0.767. The molecule has 5 aliphatic heterocycles. The molecule has 11 nitrogen and oxygen atoms in total. The van der Waals surface area contributed by atoms with E-state index in [1.807, 2.05) is 31.2 Å². The summed E-state index contributed by atoms with van der Waals surface area (Å²) in [6.45, 7) is 2.74.